The van der Waals surface area contributed by atoms with E-state index in [9.17, 15) is 14.4 Å². The zero-order chi connectivity index (χ0) is 22.3. The molecule has 2 amide bonds. The summed E-state index contributed by atoms with van der Waals surface area (Å²) >= 11 is 0. The van der Waals surface area contributed by atoms with Crippen LogP contribution in [0.4, 0.5) is 4.79 Å². The Morgan fingerprint density at radius 2 is 1.83 bits per heavy atom. The number of likely N-dealkylation sites (tertiary alicyclic amines) is 1. The van der Waals surface area contributed by atoms with Gasteiger partial charge in [-0.25, -0.2) is 9.59 Å². The van der Waals surface area contributed by atoms with E-state index in [4.69, 9.17) is 9.47 Å². The molecule has 1 aromatic carbocycles. The predicted molar refractivity (Wildman–Crippen MR) is 114 cm³/mol. The van der Waals surface area contributed by atoms with Crippen LogP contribution in [0, 0.1) is 5.92 Å². The molecule has 1 N–H and O–H groups in total. The van der Waals surface area contributed by atoms with Gasteiger partial charge in [0.25, 0.3) is 0 Å². The van der Waals surface area contributed by atoms with Gasteiger partial charge < -0.3 is 19.7 Å². The smallest absolute Gasteiger partial charge is 0.408 e. The third-order valence-electron chi connectivity index (χ3n) is 4.73. The van der Waals surface area contributed by atoms with Gasteiger partial charge in [-0.3, -0.25) is 4.79 Å². The highest BCUT2D eigenvalue weighted by molar-refractivity contribution is 5.90. The highest BCUT2D eigenvalue weighted by Crippen LogP contribution is 2.22. The van der Waals surface area contributed by atoms with E-state index >= 15 is 0 Å². The summed E-state index contributed by atoms with van der Waals surface area (Å²) in [4.78, 5) is 39.7. The molecule has 0 spiro atoms. The fourth-order valence-corrected chi connectivity index (χ4v) is 3.44. The molecule has 30 heavy (non-hydrogen) atoms. The molecule has 1 saturated heterocycles. The molecule has 2 rings (SSSR count). The van der Waals surface area contributed by atoms with Crippen molar-refractivity contribution in [1.29, 1.82) is 0 Å². The van der Waals surface area contributed by atoms with Crippen LogP contribution in [0.15, 0.2) is 30.3 Å². The lowest BCUT2D eigenvalue weighted by Gasteiger charge is -2.29. The molecule has 0 aliphatic carbocycles. The summed E-state index contributed by atoms with van der Waals surface area (Å²) in [5.41, 5.74) is 0.235. The molecule has 2 atom stereocenters. The van der Waals surface area contributed by atoms with Gasteiger partial charge in [0, 0.05) is 6.54 Å². The first-order valence-electron chi connectivity index (χ1n) is 10.6. The minimum atomic E-state index is -0.748. The Bertz CT molecular complexity index is 727. The third-order valence-corrected chi connectivity index (χ3v) is 4.73. The van der Waals surface area contributed by atoms with Gasteiger partial charge in [-0.2, -0.15) is 0 Å². The number of alkyl carbamates (subject to hydrolysis) is 1. The van der Waals surface area contributed by atoms with Crippen LogP contribution in [0.3, 0.4) is 0 Å². The minimum absolute atomic E-state index is 0.170. The number of carbonyl (C=O) groups excluding carboxylic acids is 3. The van der Waals surface area contributed by atoms with E-state index in [1.807, 2.05) is 44.2 Å². The molecule has 0 radical (unpaired) electrons. The first kappa shape index (κ1) is 23.7. The highest BCUT2D eigenvalue weighted by atomic mass is 16.6. The van der Waals surface area contributed by atoms with Gasteiger partial charge in [0.2, 0.25) is 5.91 Å². The van der Waals surface area contributed by atoms with Crippen molar-refractivity contribution in [2.24, 2.45) is 5.92 Å². The predicted octanol–water partition coefficient (Wildman–Crippen LogP) is 3.66. The summed E-state index contributed by atoms with van der Waals surface area (Å²) < 4.78 is 10.8. The fourth-order valence-electron chi connectivity index (χ4n) is 3.44. The number of carbonyl (C=O) groups is 3. The molecule has 1 aromatic rings. The van der Waals surface area contributed by atoms with Crippen molar-refractivity contribution in [2.75, 3.05) is 6.54 Å². The highest BCUT2D eigenvalue weighted by Gasteiger charge is 2.39. The molecule has 1 heterocycles. The molecule has 0 saturated carbocycles. The van der Waals surface area contributed by atoms with Gasteiger partial charge in [-0.05, 0) is 51.5 Å². The van der Waals surface area contributed by atoms with Crippen molar-refractivity contribution < 1.29 is 23.9 Å². The fraction of sp³-hybridized carbons (Fsp3) is 0.609. The maximum absolute atomic E-state index is 13.2. The number of hydrogen-bond acceptors (Lipinski definition) is 5. The molecule has 7 heteroatoms. The lowest BCUT2D eigenvalue weighted by atomic mass is 10.0. The molecule has 1 aliphatic heterocycles. The second-order valence-corrected chi connectivity index (χ2v) is 9.11. The molecular formula is C23H34N2O5. The van der Waals surface area contributed by atoms with Crippen LogP contribution in [0.25, 0.3) is 0 Å². The van der Waals surface area contributed by atoms with Crippen LogP contribution >= 0.6 is 0 Å². The van der Waals surface area contributed by atoms with Crippen molar-refractivity contribution in [1.82, 2.24) is 10.2 Å². The van der Waals surface area contributed by atoms with E-state index in [0.717, 1.165) is 12.0 Å². The Labute approximate surface area is 179 Å². The average molecular weight is 419 g/mol. The van der Waals surface area contributed by atoms with Crippen molar-refractivity contribution >= 4 is 18.0 Å². The summed E-state index contributed by atoms with van der Waals surface area (Å²) in [6.07, 6.45) is 1.10. The van der Waals surface area contributed by atoms with Crippen LogP contribution in [-0.2, 0) is 25.7 Å². The summed E-state index contributed by atoms with van der Waals surface area (Å²) in [5, 5.41) is 2.69. The van der Waals surface area contributed by atoms with E-state index in [1.165, 1.54) is 4.90 Å². The van der Waals surface area contributed by atoms with Crippen LogP contribution in [0.1, 0.15) is 59.4 Å². The third kappa shape index (κ3) is 7.35. The Hall–Kier alpha value is -2.57. The van der Waals surface area contributed by atoms with Gasteiger partial charge in [-0.15, -0.1) is 0 Å². The molecule has 0 aromatic heterocycles. The largest absolute Gasteiger partial charge is 0.459 e. The Morgan fingerprint density at radius 1 is 1.17 bits per heavy atom. The molecule has 7 nitrogen and oxygen atoms in total. The maximum atomic E-state index is 13.2. The Kier molecular flexibility index (Phi) is 8.26. The summed E-state index contributed by atoms with van der Waals surface area (Å²) in [5.74, 6) is -0.501. The van der Waals surface area contributed by atoms with Gasteiger partial charge in [0.1, 0.15) is 24.3 Å². The molecule has 166 valence electrons. The minimum Gasteiger partial charge on any atom is -0.459 e. The first-order valence-corrected chi connectivity index (χ1v) is 10.6. The lowest BCUT2D eigenvalue weighted by Crippen LogP contribution is -2.53. The number of hydrogen-bond donors (Lipinski definition) is 1. The van der Waals surface area contributed by atoms with Crippen LogP contribution in [0.5, 0.6) is 0 Å². The molecule has 0 bridgehead atoms. The number of rotatable bonds is 7. The van der Waals surface area contributed by atoms with Gasteiger partial charge in [0.05, 0.1) is 0 Å². The number of amides is 2. The van der Waals surface area contributed by atoms with E-state index in [-0.39, 0.29) is 18.4 Å². The zero-order valence-corrected chi connectivity index (χ0v) is 18.6. The summed E-state index contributed by atoms with van der Waals surface area (Å²) in [7, 11) is 0. The van der Waals surface area contributed by atoms with E-state index in [0.29, 0.717) is 19.4 Å². The normalized spacial score (nSPS) is 17.5. The number of nitrogens with one attached hydrogen (secondary N) is 1. The topological polar surface area (TPSA) is 84.9 Å². The number of esters is 1. The Morgan fingerprint density at radius 3 is 2.43 bits per heavy atom. The number of ether oxygens (including phenoxy) is 2. The quantitative estimate of drug-likeness (QED) is 0.683. The van der Waals surface area contributed by atoms with Crippen molar-refractivity contribution in [3.63, 3.8) is 0 Å². The average Bonchev–Trinajstić information content (AvgIpc) is 3.13. The van der Waals surface area contributed by atoms with E-state index in [1.54, 1.807) is 20.8 Å². The molecule has 1 fully saturated rings. The number of benzene rings is 1. The summed E-state index contributed by atoms with van der Waals surface area (Å²) in [6.45, 7) is 9.90. The van der Waals surface area contributed by atoms with Crippen LogP contribution in [-0.4, -0.2) is 47.1 Å². The lowest BCUT2D eigenvalue weighted by molar-refractivity contribution is -0.155. The molecule has 1 aliphatic rings. The second-order valence-electron chi connectivity index (χ2n) is 9.11. The van der Waals surface area contributed by atoms with Crippen molar-refractivity contribution in [2.45, 2.75) is 78.2 Å². The standard InChI is InChI=1S/C23H34N2O5/c1-16(2)14-18(24-22(28)30-23(3,4)5)20(26)25-13-9-12-19(25)21(27)29-15-17-10-7-6-8-11-17/h6-8,10-11,16,18-19H,9,12-15H2,1-5H3,(H,24,28)/t18-,19+/m1/s1. The monoisotopic (exact) mass is 418 g/mol. The second kappa shape index (κ2) is 10.5. The summed E-state index contributed by atoms with van der Waals surface area (Å²) in [6, 6.07) is 8.05. The molecule has 0 unspecified atom stereocenters. The Balaban J connectivity index is 2.03. The van der Waals surface area contributed by atoms with Gasteiger partial charge in [0.15, 0.2) is 0 Å². The van der Waals surface area contributed by atoms with E-state index < -0.39 is 29.7 Å². The first-order chi connectivity index (χ1) is 14.1. The van der Waals surface area contributed by atoms with E-state index in [2.05, 4.69) is 5.32 Å². The van der Waals surface area contributed by atoms with Gasteiger partial charge in [-0.1, -0.05) is 44.2 Å². The number of nitrogens with zero attached hydrogens (tertiary/aromatic N) is 1. The van der Waals surface area contributed by atoms with Gasteiger partial charge >= 0.3 is 12.1 Å². The molecular weight excluding hydrogens is 384 g/mol. The van der Waals surface area contributed by atoms with Crippen molar-refractivity contribution in [3.8, 4) is 0 Å². The van der Waals surface area contributed by atoms with Crippen LogP contribution < -0.4 is 5.32 Å². The maximum Gasteiger partial charge on any atom is 0.408 e. The van der Waals surface area contributed by atoms with Crippen LogP contribution in [0.2, 0.25) is 0 Å². The SMILES string of the molecule is CC(C)C[C@@H](NC(=O)OC(C)(C)C)C(=O)N1CCC[C@H]1C(=O)OCc1ccccc1. The van der Waals surface area contributed by atoms with Crippen molar-refractivity contribution in [3.05, 3.63) is 35.9 Å². The zero-order valence-electron chi connectivity index (χ0n) is 18.6.